The maximum absolute atomic E-state index is 13.6. The van der Waals surface area contributed by atoms with Crippen molar-refractivity contribution in [1.82, 2.24) is 19.8 Å². The number of benzene rings is 1. The molecule has 3 aliphatic heterocycles. The SMILES string of the molecule is CN(C)c1ncc2c(n1)C1(CCN(C(=O)C3CCCCN3Cc3ccccc3)CC1)OCC2. The van der Waals surface area contributed by atoms with Gasteiger partial charge in [0.05, 0.1) is 18.3 Å². The number of carbonyl (C=O) groups excluding carboxylic acids is 1. The van der Waals surface area contributed by atoms with Crippen molar-refractivity contribution in [2.45, 2.75) is 56.7 Å². The van der Waals surface area contributed by atoms with Crippen LogP contribution in [0.5, 0.6) is 0 Å². The standard InChI is InChI=1S/C26H35N5O2/c1-29(2)25-27-18-21-11-17-33-26(23(21)28-25)12-15-30(16-13-26)24(32)22-10-6-7-14-31(22)19-20-8-4-3-5-9-20/h3-5,8-9,18,22H,6-7,10-17,19H2,1-2H3. The smallest absolute Gasteiger partial charge is 0.239 e. The van der Waals surface area contributed by atoms with Gasteiger partial charge in [0.15, 0.2) is 0 Å². The summed E-state index contributed by atoms with van der Waals surface area (Å²) in [5, 5.41) is 0. The van der Waals surface area contributed by atoms with Gasteiger partial charge in [-0.3, -0.25) is 9.69 Å². The Balaban J connectivity index is 1.29. The summed E-state index contributed by atoms with van der Waals surface area (Å²) in [5.74, 6) is 1.00. The summed E-state index contributed by atoms with van der Waals surface area (Å²) in [5.41, 5.74) is 3.10. The number of hydrogen-bond donors (Lipinski definition) is 0. The summed E-state index contributed by atoms with van der Waals surface area (Å²) < 4.78 is 6.38. The summed E-state index contributed by atoms with van der Waals surface area (Å²) in [6, 6.07) is 10.5. The van der Waals surface area contributed by atoms with Crippen molar-refractivity contribution in [3.05, 3.63) is 53.3 Å². The summed E-state index contributed by atoms with van der Waals surface area (Å²) in [6.45, 7) is 3.96. The van der Waals surface area contributed by atoms with E-state index in [0.717, 1.165) is 76.3 Å². The van der Waals surface area contributed by atoms with E-state index in [2.05, 4.69) is 39.0 Å². The molecule has 1 spiro atoms. The quantitative estimate of drug-likeness (QED) is 0.715. The summed E-state index contributed by atoms with van der Waals surface area (Å²) in [6.07, 6.45) is 7.64. The molecule has 3 aliphatic rings. The van der Waals surface area contributed by atoms with E-state index in [9.17, 15) is 4.79 Å². The summed E-state index contributed by atoms with van der Waals surface area (Å²) in [4.78, 5) is 29.4. The van der Waals surface area contributed by atoms with Gasteiger partial charge in [0, 0.05) is 39.9 Å². The monoisotopic (exact) mass is 449 g/mol. The number of ether oxygens (including phenoxy) is 1. The molecule has 4 heterocycles. The maximum atomic E-state index is 13.6. The molecule has 7 nitrogen and oxygen atoms in total. The molecule has 1 aromatic carbocycles. The zero-order valence-electron chi connectivity index (χ0n) is 19.9. The van der Waals surface area contributed by atoms with Crippen LogP contribution >= 0.6 is 0 Å². The van der Waals surface area contributed by atoms with Crippen molar-refractivity contribution in [3.8, 4) is 0 Å². The highest BCUT2D eigenvalue weighted by molar-refractivity contribution is 5.82. The van der Waals surface area contributed by atoms with Gasteiger partial charge in [-0.05, 0) is 49.8 Å². The van der Waals surface area contributed by atoms with E-state index in [1.54, 1.807) is 0 Å². The van der Waals surface area contributed by atoms with Crippen LogP contribution in [0, 0.1) is 0 Å². The Morgan fingerprint density at radius 3 is 2.70 bits per heavy atom. The third kappa shape index (κ3) is 4.49. The molecule has 0 bridgehead atoms. The molecule has 2 saturated heterocycles. The topological polar surface area (TPSA) is 61.8 Å². The van der Waals surface area contributed by atoms with Crippen molar-refractivity contribution in [2.24, 2.45) is 0 Å². The van der Waals surface area contributed by atoms with Crippen molar-refractivity contribution in [3.63, 3.8) is 0 Å². The second kappa shape index (κ2) is 9.39. The Hall–Kier alpha value is -2.51. The van der Waals surface area contributed by atoms with Gasteiger partial charge < -0.3 is 14.5 Å². The fraction of sp³-hybridized carbons (Fsp3) is 0.577. The second-order valence-electron chi connectivity index (χ2n) is 9.82. The minimum absolute atomic E-state index is 0.0183. The van der Waals surface area contributed by atoms with Crippen LogP contribution in [0.2, 0.25) is 0 Å². The van der Waals surface area contributed by atoms with Crippen LogP contribution in [0.4, 0.5) is 5.95 Å². The number of fused-ring (bicyclic) bond motifs is 2. The molecule has 2 fully saturated rings. The van der Waals surface area contributed by atoms with Gasteiger partial charge in [-0.15, -0.1) is 0 Å². The van der Waals surface area contributed by atoms with Gasteiger partial charge >= 0.3 is 0 Å². The van der Waals surface area contributed by atoms with E-state index in [1.165, 1.54) is 11.1 Å². The van der Waals surface area contributed by atoms with Crippen LogP contribution in [0.25, 0.3) is 0 Å². The first kappa shape index (κ1) is 22.3. The highest BCUT2D eigenvalue weighted by Gasteiger charge is 2.44. The first-order chi connectivity index (χ1) is 16.1. The summed E-state index contributed by atoms with van der Waals surface area (Å²) in [7, 11) is 3.93. The molecule has 2 aromatic rings. The minimum atomic E-state index is -0.394. The lowest BCUT2D eigenvalue weighted by Gasteiger charge is -2.46. The number of amides is 1. The van der Waals surface area contributed by atoms with Gasteiger partial charge in [0.1, 0.15) is 5.60 Å². The molecule has 0 aliphatic carbocycles. The molecule has 1 amide bonds. The van der Waals surface area contributed by atoms with E-state index < -0.39 is 5.60 Å². The molecule has 1 unspecified atom stereocenters. The Morgan fingerprint density at radius 1 is 1.15 bits per heavy atom. The zero-order chi connectivity index (χ0) is 22.8. The normalized spacial score (nSPS) is 22.7. The number of rotatable bonds is 4. The van der Waals surface area contributed by atoms with Gasteiger partial charge in [0.25, 0.3) is 0 Å². The minimum Gasteiger partial charge on any atom is -0.368 e. The van der Waals surface area contributed by atoms with E-state index in [1.807, 2.05) is 31.3 Å². The number of likely N-dealkylation sites (tertiary alicyclic amines) is 2. The Kier molecular flexibility index (Phi) is 6.34. The molecule has 0 saturated carbocycles. The van der Waals surface area contributed by atoms with Gasteiger partial charge in [-0.1, -0.05) is 36.8 Å². The van der Waals surface area contributed by atoms with E-state index in [4.69, 9.17) is 9.72 Å². The molecule has 0 N–H and O–H groups in total. The molecule has 0 radical (unpaired) electrons. The predicted octanol–water partition coefficient (Wildman–Crippen LogP) is 2.99. The maximum Gasteiger partial charge on any atom is 0.239 e. The fourth-order valence-electron chi connectivity index (χ4n) is 5.57. The first-order valence-electron chi connectivity index (χ1n) is 12.3. The van der Waals surface area contributed by atoms with Gasteiger partial charge in [-0.25, -0.2) is 9.97 Å². The number of carbonyl (C=O) groups is 1. The predicted molar refractivity (Wildman–Crippen MR) is 128 cm³/mol. The number of nitrogens with zero attached hydrogens (tertiary/aromatic N) is 5. The molecule has 1 atom stereocenters. The van der Waals surface area contributed by atoms with Crippen molar-refractivity contribution < 1.29 is 9.53 Å². The average molecular weight is 450 g/mol. The molecule has 33 heavy (non-hydrogen) atoms. The van der Waals surface area contributed by atoms with Crippen LogP contribution in [0.15, 0.2) is 36.5 Å². The van der Waals surface area contributed by atoms with Crippen LogP contribution in [0.1, 0.15) is 48.9 Å². The van der Waals surface area contributed by atoms with Crippen LogP contribution in [0.3, 0.4) is 0 Å². The van der Waals surface area contributed by atoms with Gasteiger partial charge in [0.2, 0.25) is 11.9 Å². The molecular weight excluding hydrogens is 414 g/mol. The largest absolute Gasteiger partial charge is 0.368 e. The Morgan fingerprint density at radius 2 is 1.94 bits per heavy atom. The summed E-state index contributed by atoms with van der Waals surface area (Å²) >= 11 is 0. The number of hydrogen-bond acceptors (Lipinski definition) is 6. The average Bonchev–Trinajstić information content (AvgIpc) is 2.85. The Bertz CT molecular complexity index is 972. The highest BCUT2D eigenvalue weighted by Crippen LogP contribution is 2.41. The van der Waals surface area contributed by atoms with E-state index in [0.29, 0.717) is 6.61 Å². The molecular formula is C26H35N5O2. The molecule has 7 heteroatoms. The van der Waals surface area contributed by atoms with E-state index in [-0.39, 0.29) is 11.9 Å². The lowest BCUT2D eigenvalue weighted by Crippen LogP contribution is -2.55. The highest BCUT2D eigenvalue weighted by atomic mass is 16.5. The number of piperidine rings is 2. The van der Waals surface area contributed by atoms with Crippen molar-refractivity contribution >= 4 is 11.9 Å². The lowest BCUT2D eigenvalue weighted by molar-refractivity contribution is -0.147. The Labute approximate surface area is 196 Å². The zero-order valence-corrected chi connectivity index (χ0v) is 19.9. The number of aromatic nitrogens is 2. The second-order valence-corrected chi connectivity index (χ2v) is 9.82. The van der Waals surface area contributed by atoms with E-state index >= 15 is 0 Å². The fourth-order valence-corrected chi connectivity index (χ4v) is 5.57. The van der Waals surface area contributed by atoms with Crippen LogP contribution in [-0.4, -0.2) is 72.1 Å². The molecule has 5 rings (SSSR count). The first-order valence-corrected chi connectivity index (χ1v) is 12.3. The third-order valence-electron chi connectivity index (χ3n) is 7.44. The van der Waals surface area contributed by atoms with Crippen molar-refractivity contribution in [1.29, 1.82) is 0 Å². The molecule has 176 valence electrons. The van der Waals surface area contributed by atoms with Crippen LogP contribution in [-0.2, 0) is 28.1 Å². The molecule has 1 aromatic heterocycles. The van der Waals surface area contributed by atoms with Crippen LogP contribution < -0.4 is 4.90 Å². The van der Waals surface area contributed by atoms with Crippen molar-refractivity contribution in [2.75, 3.05) is 45.2 Å². The number of anilines is 1. The third-order valence-corrected chi connectivity index (χ3v) is 7.44. The lowest BCUT2D eigenvalue weighted by atomic mass is 9.83. The van der Waals surface area contributed by atoms with Gasteiger partial charge in [-0.2, -0.15) is 0 Å².